The number of urea groups is 1. The number of imide groups is 2. The van der Waals surface area contributed by atoms with Crippen LogP contribution in [0, 0.1) is 10.1 Å². The molecule has 1 saturated heterocycles. The van der Waals surface area contributed by atoms with Crippen molar-refractivity contribution in [2.24, 2.45) is 0 Å². The SMILES string of the molecule is O=C1NC(Cc2ccc(N3C(=O)c4ccccc4C3=O)cc2)C(=O)N1CCc1ccc([N+](=O)[O-])cc1. The number of nitrogens with one attached hydrogen (secondary N) is 1. The molecule has 10 nitrogen and oxygen atoms in total. The predicted octanol–water partition coefficient (Wildman–Crippen LogP) is 3.10. The maximum atomic E-state index is 12.8. The minimum absolute atomic E-state index is 0.0252. The van der Waals surface area contributed by atoms with E-state index in [0.29, 0.717) is 23.2 Å². The number of carbonyl (C=O) groups is 4. The van der Waals surface area contributed by atoms with Crippen LogP contribution in [0.1, 0.15) is 31.8 Å². The Bertz CT molecular complexity index is 1370. The van der Waals surface area contributed by atoms with Crippen molar-refractivity contribution in [3.8, 4) is 0 Å². The van der Waals surface area contributed by atoms with Crippen LogP contribution in [0.2, 0.25) is 0 Å². The Kier molecular flexibility index (Phi) is 5.77. The maximum absolute atomic E-state index is 12.8. The number of anilines is 1. The van der Waals surface area contributed by atoms with Gasteiger partial charge < -0.3 is 5.32 Å². The Morgan fingerprint density at radius 1 is 0.806 bits per heavy atom. The zero-order valence-corrected chi connectivity index (χ0v) is 18.9. The molecule has 36 heavy (non-hydrogen) atoms. The van der Waals surface area contributed by atoms with E-state index in [9.17, 15) is 29.3 Å². The van der Waals surface area contributed by atoms with Crippen molar-refractivity contribution in [2.75, 3.05) is 11.4 Å². The largest absolute Gasteiger partial charge is 0.325 e. The average molecular weight is 484 g/mol. The Morgan fingerprint density at radius 3 is 1.97 bits per heavy atom. The number of hydrogen-bond donors (Lipinski definition) is 1. The number of rotatable bonds is 7. The van der Waals surface area contributed by atoms with E-state index in [2.05, 4.69) is 5.32 Å². The first kappa shape index (κ1) is 22.9. The Balaban J connectivity index is 1.21. The van der Waals surface area contributed by atoms with Gasteiger partial charge in [0.1, 0.15) is 6.04 Å². The molecule has 2 aliphatic heterocycles. The van der Waals surface area contributed by atoms with Gasteiger partial charge in [-0.3, -0.25) is 29.4 Å². The van der Waals surface area contributed by atoms with Crippen molar-refractivity contribution >= 4 is 35.1 Å². The summed E-state index contributed by atoms with van der Waals surface area (Å²) in [5, 5.41) is 13.5. The highest BCUT2D eigenvalue weighted by atomic mass is 16.6. The quantitative estimate of drug-likeness (QED) is 0.237. The minimum atomic E-state index is -0.737. The normalized spacial score (nSPS) is 16.9. The van der Waals surface area contributed by atoms with Crippen LogP contribution in [-0.2, 0) is 17.6 Å². The molecule has 0 aliphatic carbocycles. The lowest BCUT2D eigenvalue weighted by Crippen LogP contribution is -2.34. The van der Waals surface area contributed by atoms with Crippen molar-refractivity contribution in [3.63, 3.8) is 0 Å². The van der Waals surface area contributed by atoms with Crippen LogP contribution in [0.3, 0.4) is 0 Å². The summed E-state index contributed by atoms with van der Waals surface area (Å²) in [5.74, 6) is -1.12. The van der Waals surface area contributed by atoms with Crippen LogP contribution in [0.15, 0.2) is 72.8 Å². The second-order valence-electron chi connectivity index (χ2n) is 8.53. The fraction of sp³-hybridized carbons (Fsp3) is 0.154. The van der Waals surface area contributed by atoms with E-state index < -0.39 is 17.0 Å². The zero-order chi connectivity index (χ0) is 25.4. The van der Waals surface area contributed by atoms with Crippen LogP contribution in [0.25, 0.3) is 0 Å². The molecule has 5 rings (SSSR count). The number of amides is 5. The molecular formula is C26H20N4O6. The predicted molar refractivity (Wildman–Crippen MR) is 129 cm³/mol. The Hall–Kier alpha value is -4.86. The van der Waals surface area contributed by atoms with Crippen molar-refractivity contribution in [3.05, 3.63) is 105 Å². The topological polar surface area (TPSA) is 130 Å². The van der Waals surface area contributed by atoms with Crippen LogP contribution in [0.4, 0.5) is 16.2 Å². The van der Waals surface area contributed by atoms with Gasteiger partial charge >= 0.3 is 6.03 Å². The third-order valence-electron chi connectivity index (χ3n) is 6.31. The van der Waals surface area contributed by atoms with Gasteiger partial charge in [-0.2, -0.15) is 0 Å². The summed E-state index contributed by atoms with van der Waals surface area (Å²) >= 11 is 0. The van der Waals surface area contributed by atoms with E-state index in [0.717, 1.165) is 20.9 Å². The third kappa shape index (κ3) is 4.09. The molecule has 0 bridgehead atoms. The number of fused-ring (bicyclic) bond motifs is 1. The molecule has 0 radical (unpaired) electrons. The fourth-order valence-electron chi connectivity index (χ4n) is 4.39. The summed E-state index contributed by atoms with van der Waals surface area (Å²) in [4.78, 5) is 63.1. The summed E-state index contributed by atoms with van der Waals surface area (Å²) < 4.78 is 0. The van der Waals surface area contributed by atoms with Crippen molar-refractivity contribution in [1.82, 2.24) is 10.2 Å². The van der Waals surface area contributed by atoms with E-state index >= 15 is 0 Å². The second kappa shape index (κ2) is 9.06. The molecule has 1 atom stereocenters. The molecule has 2 aliphatic rings. The van der Waals surface area contributed by atoms with Crippen LogP contribution in [-0.4, -0.2) is 46.2 Å². The lowest BCUT2D eigenvalue weighted by molar-refractivity contribution is -0.384. The molecule has 3 aromatic rings. The van der Waals surface area contributed by atoms with Crippen molar-refractivity contribution < 1.29 is 24.1 Å². The molecule has 1 unspecified atom stereocenters. The smallest absolute Gasteiger partial charge is 0.324 e. The Morgan fingerprint density at radius 2 is 1.39 bits per heavy atom. The first-order valence-corrected chi connectivity index (χ1v) is 11.3. The van der Waals surface area contributed by atoms with Gasteiger partial charge in [0.2, 0.25) is 0 Å². The number of carbonyl (C=O) groups excluding carboxylic acids is 4. The molecule has 3 aromatic carbocycles. The van der Waals surface area contributed by atoms with E-state index in [1.807, 2.05) is 0 Å². The van der Waals surface area contributed by atoms with Gasteiger partial charge in [-0.05, 0) is 41.8 Å². The van der Waals surface area contributed by atoms with E-state index in [4.69, 9.17) is 0 Å². The number of benzene rings is 3. The standard InChI is InChI=1S/C26H20N4O6/c31-23-20-3-1-2-4-21(20)24(32)29(23)18-9-7-17(8-10-18)15-22-25(33)28(26(34)27-22)14-13-16-5-11-19(12-6-16)30(35)36/h1-12,22H,13-15H2,(H,27,34). The van der Waals surface area contributed by atoms with Crippen LogP contribution >= 0.6 is 0 Å². The first-order chi connectivity index (χ1) is 17.3. The Labute approximate surface area is 205 Å². The average Bonchev–Trinajstić information content (AvgIpc) is 3.30. The van der Waals surface area contributed by atoms with Gasteiger partial charge in [0, 0.05) is 25.1 Å². The van der Waals surface area contributed by atoms with Gasteiger partial charge in [-0.1, -0.05) is 36.4 Å². The van der Waals surface area contributed by atoms with Gasteiger partial charge in [0.05, 0.1) is 21.7 Å². The summed E-state index contributed by atoms with van der Waals surface area (Å²) in [5.41, 5.74) is 2.65. The highest BCUT2D eigenvalue weighted by Crippen LogP contribution is 2.28. The number of nitrogens with zero attached hydrogens (tertiary/aromatic N) is 3. The van der Waals surface area contributed by atoms with Crippen LogP contribution in [0.5, 0.6) is 0 Å². The number of non-ortho nitro benzene ring substituents is 1. The van der Waals surface area contributed by atoms with E-state index in [-0.39, 0.29) is 36.4 Å². The first-order valence-electron chi connectivity index (χ1n) is 11.3. The van der Waals surface area contributed by atoms with E-state index in [1.54, 1.807) is 60.7 Å². The third-order valence-corrected chi connectivity index (χ3v) is 6.31. The summed E-state index contributed by atoms with van der Waals surface area (Å²) in [6.07, 6.45) is 0.625. The number of hydrogen-bond acceptors (Lipinski definition) is 6. The zero-order valence-electron chi connectivity index (χ0n) is 18.9. The monoisotopic (exact) mass is 484 g/mol. The molecule has 10 heteroatoms. The lowest BCUT2D eigenvalue weighted by Gasteiger charge is -2.15. The minimum Gasteiger partial charge on any atom is -0.325 e. The van der Waals surface area contributed by atoms with Crippen molar-refractivity contribution in [2.45, 2.75) is 18.9 Å². The lowest BCUT2D eigenvalue weighted by atomic mass is 10.1. The maximum Gasteiger partial charge on any atom is 0.324 e. The van der Waals surface area contributed by atoms with E-state index in [1.165, 1.54) is 12.1 Å². The fourth-order valence-corrected chi connectivity index (χ4v) is 4.39. The molecule has 180 valence electrons. The summed E-state index contributed by atoms with van der Waals surface area (Å²) in [6.45, 7) is 0.150. The van der Waals surface area contributed by atoms with Crippen LogP contribution < -0.4 is 10.2 Å². The van der Waals surface area contributed by atoms with Gasteiger partial charge in [-0.15, -0.1) is 0 Å². The molecule has 1 fully saturated rings. The van der Waals surface area contributed by atoms with Crippen molar-refractivity contribution in [1.29, 1.82) is 0 Å². The molecular weight excluding hydrogens is 464 g/mol. The number of nitro groups is 1. The molecule has 0 spiro atoms. The molecule has 0 aromatic heterocycles. The number of nitro benzene ring substituents is 1. The highest BCUT2D eigenvalue weighted by Gasteiger charge is 2.38. The summed E-state index contributed by atoms with van der Waals surface area (Å²) in [7, 11) is 0. The second-order valence-corrected chi connectivity index (χ2v) is 8.53. The highest BCUT2D eigenvalue weighted by molar-refractivity contribution is 6.34. The molecule has 0 saturated carbocycles. The van der Waals surface area contributed by atoms with Gasteiger partial charge in [0.25, 0.3) is 23.4 Å². The van der Waals surface area contributed by atoms with Gasteiger partial charge in [-0.25, -0.2) is 9.69 Å². The molecule has 5 amide bonds. The molecule has 1 N–H and O–H groups in total. The molecule has 2 heterocycles. The summed E-state index contributed by atoms with van der Waals surface area (Å²) in [6, 6.07) is 18.1. The van der Waals surface area contributed by atoms with Gasteiger partial charge in [0.15, 0.2) is 0 Å².